The number of hydroxylamine groups is 1. The highest BCUT2D eigenvalue weighted by Crippen LogP contribution is 2.34. The van der Waals surface area contributed by atoms with Gasteiger partial charge >= 0.3 is 0 Å². The van der Waals surface area contributed by atoms with Gasteiger partial charge in [-0.25, -0.2) is 15.3 Å². The number of hydrogen-bond donors (Lipinski definition) is 3. The summed E-state index contributed by atoms with van der Waals surface area (Å²) in [7, 11) is 3.28. The number of nitrogens with zero attached hydrogens (tertiary/aromatic N) is 5. The summed E-state index contributed by atoms with van der Waals surface area (Å²) in [6.07, 6.45) is 7.80. The summed E-state index contributed by atoms with van der Waals surface area (Å²) in [6.45, 7) is 6.69. The van der Waals surface area contributed by atoms with Crippen LogP contribution in [-0.2, 0) is 20.9 Å². The Morgan fingerprint density at radius 3 is 2.47 bits per heavy atom. The molecule has 53 heavy (non-hydrogen) atoms. The maximum Gasteiger partial charge on any atom is 0.274 e. The van der Waals surface area contributed by atoms with Gasteiger partial charge in [0.1, 0.15) is 11.5 Å². The van der Waals surface area contributed by atoms with Crippen LogP contribution in [0, 0.1) is 0 Å². The summed E-state index contributed by atoms with van der Waals surface area (Å²) in [5.74, 6) is 0.835. The molecule has 1 unspecified atom stereocenters. The third-order valence-electron chi connectivity index (χ3n) is 8.72. The van der Waals surface area contributed by atoms with E-state index >= 15 is 0 Å². The van der Waals surface area contributed by atoms with Crippen LogP contribution >= 0.6 is 0 Å². The molecule has 278 valence electrons. The van der Waals surface area contributed by atoms with Crippen molar-refractivity contribution in [3.05, 3.63) is 84.8 Å². The van der Waals surface area contributed by atoms with Crippen LogP contribution in [-0.4, -0.2) is 77.8 Å². The molecule has 1 aliphatic heterocycles. The van der Waals surface area contributed by atoms with Crippen molar-refractivity contribution in [3.63, 3.8) is 0 Å². The van der Waals surface area contributed by atoms with Gasteiger partial charge in [-0.15, -0.1) is 0 Å². The predicted octanol–water partition coefficient (Wildman–Crippen LogP) is 5.86. The Bertz CT molecular complexity index is 1970. The molecule has 1 aliphatic rings. The molecule has 14 nitrogen and oxygen atoms in total. The lowest BCUT2D eigenvalue weighted by Crippen LogP contribution is -2.33. The third-order valence-corrected chi connectivity index (χ3v) is 8.72. The second-order valence-electron chi connectivity index (χ2n) is 13.0. The van der Waals surface area contributed by atoms with Gasteiger partial charge in [-0.1, -0.05) is 13.8 Å². The van der Waals surface area contributed by atoms with Crippen molar-refractivity contribution in [2.24, 2.45) is 0 Å². The van der Waals surface area contributed by atoms with E-state index in [0.29, 0.717) is 54.2 Å². The first kappa shape index (κ1) is 37.2. The molecule has 0 bridgehead atoms. The summed E-state index contributed by atoms with van der Waals surface area (Å²) in [4.78, 5) is 42.4. The van der Waals surface area contributed by atoms with Crippen LogP contribution in [0.1, 0.15) is 49.9 Å². The van der Waals surface area contributed by atoms with Crippen LogP contribution in [0.25, 0.3) is 22.3 Å². The molecule has 2 amide bonds. The average Bonchev–Trinajstić information content (AvgIpc) is 3.67. The van der Waals surface area contributed by atoms with E-state index in [1.807, 2.05) is 42.6 Å². The molecule has 6 rings (SSSR count). The topological polar surface area (TPSA) is 154 Å². The summed E-state index contributed by atoms with van der Waals surface area (Å²) in [5, 5.41) is 10.8. The molecule has 3 heterocycles. The Hall–Kier alpha value is -5.57. The van der Waals surface area contributed by atoms with Crippen molar-refractivity contribution in [1.82, 2.24) is 30.5 Å². The second-order valence-corrected chi connectivity index (χ2v) is 13.0. The molecular weight excluding hydrogens is 676 g/mol. The first-order chi connectivity index (χ1) is 25.8. The van der Waals surface area contributed by atoms with Crippen LogP contribution in [0.4, 0.5) is 17.1 Å². The van der Waals surface area contributed by atoms with Gasteiger partial charge in [0.15, 0.2) is 6.29 Å². The standard InChI is InChI=1S/C39H46N8O6/c1-26(2)40-15-17-47(31-19-32(50-3)22-33(20-31)51-4)30-12-13-34-35(21-30)44-36(24-41-34)28-23-42-46(25-28)16-14-37(48)43-29-10-8-27(9-11-29)39(49)45-53-38-7-5-6-18-52-38/h8-13,19-26,38,40H,5-7,14-18H2,1-4H3,(H,43,48)(H,45,49). The highest BCUT2D eigenvalue weighted by atomic mass is 16.8. The van der Waals surface area contributed by atoms with Gasteiger partial charge in [0.25, 0.3) is 5.91 Å². The van der Waals surface area contributed by atoms with Crippen molar-refractivity contribution >= 4 is 39.9 Å². The number of rotatable bonds is 16. The Kier molecular flexibility index (Phi) is 12.5. The lowest BCUT2D eigenvalue weighted by atomic mass is 10.2. The molecule has 0 saturated carbocycles. The largest absolute Gasteiger partial charge is 0.497 e. The first-order valence-electron chi connectivity index (χ1n) is 17.8. The fourth-order valence-corrected chi connectivity index (χ4v) is 5.87. The van der Waals surface area contributed by atoms with Crippen LogP contribution in [0.5, 0.6) is 11.5 Å². The zero-order chi connectivity index (χ0) is 37.2. The molecule has 2 aromatic heterocycles. The minimum atomic E-state index is -0.429. The number of amides is 2. The fourth-order valence-electron chi connectivity index (χ4n) is 5.87. The predicted molar refractivity (Wildman–Crippen MR) is 202 cm³/mol. The maximum atomic E-state index is 12.8. The molecule has 1 saturated heterocycles. The SMILES string of the molecule is COc1cc(OC)cc(N(CCNC(C)C)c2ccc3ncc(-c4cnn(CCC(=O)Nc5ccc(C(=O)NOC6CCCCO6)cc5)c4)nc3c2)c1. The zero-order valence-electron chi connectivity index (χ0n) is 30.5. The second kappa shape index (κ2) is 17.8. The third kappa shape index (κ3) is 10.1. The van der Waals surface area contributed by atoms with Crippen LogP contribution < -0.4 is 30.5 Å². The minimum absolute atomic E-state index is 0.183. The molecule has 14 heteroatoms. The van der Waals surface area contributed by atoms with E-state index in [-0.39, 0.29) is 18.2 Å². The Morgan fingerprint density at radius 1 is 0.962 bits per heavy atom. The number of benzene rings is 3. The quantitative estimate of drug-likeness (QED) is 0.105. The maximum absolute atomic E-state index is 12.8. The smallest absolute Gasteiger partial charge is 0.274 e. The molecule has 1 fully saturated rings. The number of carbonyl (C=O) groups is 2. The highest BCUT2D eigenvalue weighted by molar-refractivity contribution is 5.95. The molecule has 3 aromatic carbocycles. The van der Waals surface area contributed by atoms with Crippen LogP contribution in [0.3, 0.4) is 0 Å². The van der Waals surface area contributed by atoms with E-state index in [4.69, 9.17) is 24.0 Å². The van der Waals surface area contributed by atoms with E-state index in [1.165, 1.54) is 0 Å². The van der Waals surface area contributed by atoms with E-state index < -0.39 is 6.29 Å². The summed E-state index contributed by atoms with van der Waals surface area (Å²) < 4.78 is 18.3. The summed E-state index contributed by atoms with van der Waals surface area (Å²) >= 11 is 0. The summed E-state index contributed by atoms with van der Waals surface area (Å²) in [6, 6.07) is 18.8. The zero-order valence-corrected chi connectivity index (χ0v) is 30.5. The van der Waals surface area contributed by atoms with Crippen molar-refractivity contribution in [2.45, 2.75) is 58.4 Å². The normalized spacial score (nSPS) is 14.2. The van der Waals surface area contributed by atoms with Crippen molar-refractivity contribution in [1.29, 1.82) is 0 Å². The van der Waals surface area contributed by atoms with Gasteiger partial charge < -0.3 is 29.7 Å². The monoisotopic (exact) mass is 722 g/mol. The molecular formula is C39H46N8O6. The van der Waals surface area contributed by atoms with Gasteiger partial charge in [-0.05, 0) is 55.3 Å². The molecule has 5 aromatic rings. The van der Waals surface area contributed by atoms with E-state index in [2.05, 4.69) is 44.9 Å². The number of aromatic nitrogens is 4. The van der Waals surface area contributed by atoms with Gasteiger partial charge in [-0.2, -0.15) is 5.10 Å². The molecule has 0 radical (unpaired) electrons. The number of carbonyl (C=O) groups excluding carboxylic acids is 2. The molecule has 0 aliphatic carbocycles. The van der Waals surface area contributed by atoms with E-state index in [9.17, 15) is 9.59 Å². The fraction of sp³-hybridized carbons (Fsp3) is 0.359. The van der Waals surface area contributed by atoms with E-state index in [0.717, 1.165) is 53.8 Å². The number of nitrogens with one attached hydrogen (secondary N) is 3. The van der Waals surface area contributed by atoms with Gasteiger partial charge in [-0.3, -0.25) is 19.3 Å². The number of hydrogen-bond acceptors (Lipinski definition) is 11. The molecule has 0 spiro atoms. The minimum Gasteiger partial charge on any atom is -0.497 e. The van der Waals surface area contributed by atoms with Gasteiger partial charge in [0, 0.05) is 97.7 Å². The van der Waals surface area contributed by atoms with Crippen LogP contribution in [0.15, 0.2) is 79.3 Å². The first-order valence-corrected chi connectivity index (χ1v) is 17.8. The van der Waals surface area contributed by atoms with Gasteiger partial charge in [0.2, 0.25) is 5.91 Å². The Morgan fingerprint density at radius 2 is 1.75 bits per heavy atom. The summed E-state index contributed by atoms with van der Waals surface area (Å²) in [5.41, 5.74) is 8.25. The molecule has 3 N–H and O–H groups in total. The van der Waals surface area contributed by atoms with E-state index in [1.54, 1.807) is 55.6 Å². The Balaban J connectivity index is 1.08. The Labute approximate surface area is 308 Å². The van der Waals surface area contributed by atoms with Gasteiger partial charge in [0.05, 0.1) is 43.3 Å². The van der Waals surface area contributed by atoms with Crippen molar-refractivity contribution < 1.29 is 28.6 Å². The van der Waals surface area contributed by atoms with Crippen molar-refractivity contribution in [3.8, 4) is 22.8 Å². The van der Waals surface area contributed by atoms with Crippen LogP contribution in [0.2, 0.25) is 0 Å². The number of methoxy groups -OCH3 is 2. The molecule has 1 atom stereocenters. The number of aryl methyl sites for hydroxylation is 1. The number of anilines is 3. The average molecular weight is 723 g/mol. The highest BCUT2D eigenvalue weighted by Gasteiger charge is 2.17. The lowest BCUT2D eigenvalue weighted by molar-refractivity contribution is -0.186. The lowest BCUT2D eigenvalue weighted by Gasteiger charge is -2.27. The van der Waals surface area contributed by atoms with Crippen molar-refractivity contribution in [2.75, 3.05) is 44.1 Å². The number of fused-ring (bicyclic) bond motifs is 1. The number of ether oxygens (including phenoxy) is 3.